The number of aryl methyl sites for hydroxylation is 1. The van der Waals surface area contributed by atoms with Crippen LogP contribution in [0.15, 0.2) is 6.07 Å². The number of nitrogens with one attached hydrogen (secondary N) is 1. The van der Waals surface area contributed by atoms with Crippen molar-refractivity contribution >= 4 is 39.2 Å². The number of sulfone groups is 1. The molecule has 0 saturated carbocycles. The maximum absolute atomic E-state index is 12.9. The van der Waals surface area contributed by atoms with E-state index in [1.165, 1.54) is 0 Å². The van der Waals surface area contributed by atoms with Crippen LogP contribution in [-0.4, -0.2) is 63.1 Å². The molecule has 0 radical (unpaired) electrons. The SMILES string of the molecule is Cc1cc(NC(=O)[C@@H]2CS[C@]3(C)CCC(=O)N23)n([C@H]2CCS(=O)(=O)C2)n1. The first kappa shape index (κ1) is 17.8. The Kier molecular flexibility index (Phi) is 4.11. The fraction of sp³-hybridized carbons (Fsp3) is 0.688. The standard InChI is InChI=1S/C16H22N4O4S2/c1-10-7-13(20(18-10)11-4-6-26(23,24)9-11)17-15(22)12-8-25-16(2)5-3-14(21)19(12)16/h7,11-12H,3-6,8-9H2,1-2H3,(H,17,22)/t11-,12-,16+/m0/s1. The Morgan fingerprint density at radius 3 is 2.92 bits per heavy atom. The maximum Gasteiger partial charge on any atom is 0.249 e. The Hall–Kier alpha value is -1.55. The second kappa shape index (κ2) is 5.98. The zero-order valence-electron chi connectivity index (χ0n) is 14.8. The molecule has 0 unspecified atom stereocenters. The molecule has 2 amide bonds. The quantitative estimate of drug-likeness (QED) is 0.813. The number of hydrogen-bond acceptors (Lipinski definition) is 6. The van der Waals surface area contributed by atoms with E-state index >= 15 is 0 Å². The normalized spacial score (nSPS) is 32.8. The molecule has 3 saturated heterocycles. The van der Waals surface area contributed by atoms with Crippen LogP contribution in [0.1, 0.15) is 37.9 Å². The van der Waals surface area contributed by atoms with Crippen LogP contribution in [0.25, 0.3) is 0 Å². The minimum atomic E-state index is -3.05. The van der Waals surface area contributed by atoms with Crippen molar-refractivity contribution in [3.05, 3.63) is 11.8 Å². The first-order valence-corrected chi connectivity index (χ1v) is 11.5. The van der Waals surface area contributed by atoms with Gasteiger partial charge < -0.3 is 10.2 Å². The predicted octanol–water partition coefficient (Wildman–Crippen LogP) is 0.944. The summed E-state index contributed by atoms with van der Waals surface area (Å²) < 4.78 is 25.2. The lowest BCUT2D eigenvalue weighted by Crippen LogP contribution is -2.48. The number of fused-ring (bicyclic) bond motifs is 1. The van der Waals surface area contributed by atoms with Crippen molar-refractivity contribution in [2.75, 3.05) is 22.6 Å². The lowest BCUT2D eigenvalue weighted by Gasteiger charge is -2.29. The maximum atomic E-state index is 12.9. The Bertz CT molecular complexity index is 881. The number of nitrogens with zero attached hydrogens (tertiary/aromatic N) is 3. The molecule has 0 aromatic carbocycles. The van der Waals surface area contributed by atoms with E-state index < -0.39 is 15.9 Å². The average molecular weight is 399 g/mol. The molecular formula is C16H22N4O4S2. The molecule has 142 valence electrons. The van der Waals surface area contributed by atoms with Gasteiger partial charge in [0.25, 0.3) is 0 Å². The van der Waals surface area contributed by atoms with E-state index in [1.54, 1.807) is 27.4 Å². The minimum absolute atomic E-state index is 0.0178. The third kappa shape index (κ3) is 2.92. The highest BCUT2D eigenvalue weighted by Gasteiger charge is 2.53. The number of rotatable bonds is 3. The summed E-state index contributed by atoms with van der Waals surface area (Å²) in [7, 11) is -3.05. The lowest BCUT2D eigenvalue weighted by molar-refractivity contribution is -0.135. The van der Waals surface area contributed by atoms with E-state index in [4.69, 9.17) is 0 Å². The summed E-state index contributed by atoms with van der Waals surface area (Å²) in [6.07, 6.45) is 1.73. The van der Waals surface area contributed by atoms with Gasteiger partial charge in [-0.25, -0.2) is 13.1 Å². The molecule has 3 atom stereocenters. The second-order valence-corrected chi connectivity index (χ2v) is 11.2. The van der Waals surface area contributed by atoms with Gasteiger partial charge in [-0.2, -0.15) is 5.10 Å². The summed E-state index contributed by atoms with van der Waals surface area (Å²) >= 11 is 1.64. The summed E-state index contributed by atoms with van der Waals surface area (Å²) in [5, 5.41) is 7.27. The van der Waals surface area contributed by atoms with Crippen LogP contribution in [0.2, 0.25) is 0 Å². The molecule has 1 aromatic heterocycles. The smallest absolute Gasteiger partial charge is 0.249 e. The zero-order chi connectivity index (χ0) is 18.7. The van der Waals surface area contributed by atoms with Crippen molar-refractivity contribution in [1.82, 2.24) is 14.7 Å². The molecule has 3 fully saturated rings. The highest BCUT2D eigenvalue weighted by molar-refractivity contribution is 8.01. The molecule has 4 heterocycles. The fourth-order valence-electron chi connectivity index (χ4n) is 4.08. The van der Waals surface area contributed by atoms with Gasteiger partial charge in [-0.1, -0.05) is 0 Å². The Morgan fingerprint density at radius 2 is 2.23 bits per heavy atom. The number of anilines is 1. The molecule has 1 aromatic rings. The molecule has 1 N–H and O–H groups in total. The topological polar surface area (TPSA) is 101 Å². The molecule has 0 bridgehead atoms. The van der Waals surface area contributed by atoms with Gasteiger partial charge in [0.1, 0.15) is 11.9 Å². The summed E-state index contributed by atoms with van der Waals surface area (Å²) in [5.41, 5.74) is 0.715. The number of carbonyl (C=O) groups is 2. The third-order valence-corrected chi connectivity index (χ3v) is 8.67. The second-order valence-electron chi connectivity index (χ2n) is 7.43. The van der Waals surface area contributed by atoms with E-state index in [2.05, 4.69) is 10.4 Å². The highest BCUT2D eigenvalue weighted by atomic mass is 32.2. The van der Waals surface area contributed by atoms with Crippen LogP contribution in [0.4, 0.5) is 5.82 Å². The van der Waals surface area contributed by atoms with Crippen LogP contribution in [0, 0.1) is 6.92 Å². The first-order chi connectivity index (χ1) is 12.2. The van der Waals surface area contributed by atoms with Crippen molar-refractivity contribution in [3.8, 4) is 0 Å². The summed E-state index contributed by atoms with van der Waals surface area (Å²) in [6, 6.07) is 0.979. The number of aromatic nitrogens is 2. The monoisotopic (exact) mass is 398 g/mol. The van der Waals surface area contributed by atoms with Crippen molar-refractivity contribution in [2.45, 2.75) is 50.1 Å². The average Bonchev–Trinajstić information content (AvgIpc) is 3.25. The van der Waals surface area contributed by atoms with Gasteiger partial charge in [0, 0.05) is 18.2 Å². The molecule has 0 spiro atoms. The molecule has 8 nitrogen and oxygen atoms in total. The van der Waals surface area contributed by atoms with Crippen LogP contribution in [-0.2, 0) is 19.4 Å². The van der Waals surface area contributed by atoms with Crippen molar-refractivity contribution in [2.24, 2.45) is 0 Å². The molecule has 26 heavy (non-hydrogen) atoms. The Morgan fingerprint density at radius 1 is 1.46 bits per heavy atom. The molecular weight excluding hydrogens is 376 g/mol. The van der Waals surface area contributed by atoms with E-state index in [-0.39, 0.29) is 34.2 Å². The van der Waals surface area contributed by atoms with Gasteiger partial charge >= 0.3 is 0 Å². The van der Waals surface area contributed by atoms with E-state index in [0.717, 1.165) is 6.42 Å². The minimum Gasteiger partial charge on any atom is -0.315 e. The summed E-state index contributed by atoms with van der Waals surface area (Å²) in [5.74, 6) is 1.03. The number of hydrogen-bond donors (Lipinski definition) is 1. The number of thioether (sulfide) groups is 1. The molecule has 3 aliphatic rings. The van der Waals surface area contributed by atoms with Gasteiger partial charge in [-0.15, -0.1) is 11.8 Å². The molecule has 0 aliphatic carbocycles. The summed E-state index contributed by atoms with van der Waals surface area (Å²) in [6.45, 7) is 3.82. The largest absolute Gasteiger partial charge is 0.315 e. The van der Waals surface area contributed by atoms with Gasteiger partial charge in [0.2, 0.25) is 11.8 Å². The van der Waals surface area contributed by atoms with Crippen molar-refractivity contribution in [1.29, 1.82) is 0 Å². The van der Waals surface area contributed by atoms with Gasteiger partial charge in [-0.05, 0) is 26.7 Å². The van der Waals surface area contributed by atoms with Crippen LogP contribution in [0.5, 0.6) is 0 Å². The fourth-order valence-corrected chi connectivity index (χ4v) is 7.20. The van der Waals surface area contributed by atoms with Crippen molar-refractivity contribution < 1.29 is 18.0 Å². The molecule has 4 rings (SSSR count). The number of carbonyl (C=O) groups excluding carboxylic acids is 2. The number of amides is 2. The first-order valence-electron chi connectivity index (χ1n) is 8.72. The Balaban J connectivity index is 1.55. The van der Waals surface area contributed by atoms with Crippen LogP contribution in [0.3, 0.4) is 0 Å². The summed E-state index contributed by atoms with van der Waals surface area (Å²) in [4.78, 5) is 26.5. The van der Waals surface area contributed by atoms with Gasteiger partial charge in [0.05, 0.1) is 28.1 Å². The highest BCUT2D eigenvalue weighted by Crippen LogP contribution is 2.47. The Labute approximate surface area is 156 Å². The van der Waals surface area contributed by atoms with Crippen LogP contribution >= 0.6 is 11.8 Å². The third-order valence-electron chi connectivity index (χ3n) is 5.41. The van der Waals surface area contributed by atoms with Crippen LogP contribution < -0.4 is 5.32 Å². The molecule has 3 aliphatic heterocycles. The van der Waals surface area contributed by atoms with Gasteiger partial charge in [-0.3, -0.25) is 9.59 Å². The van der Waals surface area contributed by atoms with Gasteiger partial charge in [0.15, 0.2) is 9.84 Å². The predicted molar refractivity (Wildman–Crippen MR) is 98.6 cm³/mol. The molecule has 10 heteroatoms. The van der Waals surface area contributed by atoms with E-state index in [0.29, 0.717) is 30.1 Å². The van der Waals surface area contributed by atoms with E-state index in [1.807, 2.05) is 13.8 Å². The zero-order valence-corrected chi connectivity index (χ0v) is 16.4. The van der Waals surface area contributed by atoms with Crippen molar-refractivity contribution in [3.63, 3.8) is 0 Å². The lowest BCUT2D eigenvalue weighted by atomic mass is 10.2. The van der Waals surface area contributed by atoms with E-state index in [9.17, 15) is 18.0 Å².